The number of hydrogen-bond acceptors (Lipinski definition) is 5. The molecule has 0 saturated carbocycles. The van der Waals surface area contributed by atoms with Gasteiger partial charge in [0.15, 0.2) is 0 Å². The van der Waals surface area contributed by atoms with Gasteiger partial charge in [-0.15, -0.1) is 12.4 Å². The van der Waals surface area contributed by atoms with Gasteiger partial charge in [-0.1, -0.05) is 0 Å². The predicted octanol–water partition coefficient (Wildman–Crippen LogP) is 1.27. The third-order valence-corrected chi connectivity index (χ3v) is 5.09. The maximum absolute atomic E-state index is 12.3. The summed E-state index contributed by atoms with van der Waals surface area (Å²) in [6, 6.07) is 6.25. The summed E-state index contributed by atoms with van der Waals surface area (Å²) in [5, 5.41) is 12.1. The largest absolute Gasteiger partial charge is 0.495 e. The predicted molar refractivity (Wildman–Crippen MR) is 85.7 cm³/mol. The van der Waals surface area contributed by atoms with Gasteiger partial charge in [0.2, 0.25) is 10.0 Å². The lowest BCUT2D eigenvalue weighted by molar-refractivity contribution is 0.402. The molecule has 0 spiro atoms. The van der Waals surface area contributed by atoms with Crippen molar-refractivity contribution in [2.24, 2.45) is 5.92 Å². The number of nitriles is 1. The Kier molecular flexibility index (Phi) is 7.10. The molecule has 0 bridgehead atoms. The van der Waals surface area contributed by atoms with Crippen molar-refractivity contribution in [3.8, 4) is 11.8 Å². The van der Waals surface area contributed by atoms with E-state index in [0.717, 1.165) is 25.9 Å². The van der Waals surface area contributed by atoms with Crippen LogP contribution in [0.4, 0.5) is 0 Å². The van der Waals surface area contributed by atoms with Crippen LogP contribution in [0.2, 0.25) is 0 Å². The monoisotopic (exact) mass is 345 g/mol. The SMILES string of the molecule is COc1cc(C#N)ccc1S(=O)(=O)NCCC1CCNC1.Cl. The zero-order valence-electron chi connectivity index (χ0n) is 12.3. The molecule has 2 rings (SSSR count). The third kappa shape index (κ3) is 4.58. The Bertz CT molecular complexity index is 637. The molecule has 1 aliphatic rings. The molecule has 1 fully saturated rings. The molecule has 0 radical (unpaired) electrons. The summed E-state index contributed by atoms with van der Waals surface area (Å²) in [4.78, 5) is 0.0635. The van der Waals surface area contributed by atoms with E-state index in [2.05, 4.69) is 10.0 Å². The zero-order valence-corrected chi connectivity index (χ0v) is 14.0. The molecule has 0 aliphatic carbocycles. The van der Waals surface area contributed by atoms with Crippen LogP contribution in [-0.2, 0) is 10.0 Å². The third-order valence-electron chi connectivity index (χ3n) is 3.59. The highest BCUT2D eigenvalue weighted by Gasteiger charge is 2.21. The highest BCUT2D eigenvalue weighted by Crippen LogP contribution is 2.24. The molecule has 8 heteroatoms. The van der Waals surface area contributed by atoms with E-state index in [-0.39, 0.29) is 23.1 Å². The van der Waals surface area contributed by atoms with E-state index in [9.17, 15) is 8.42 Å². The topological polar surface area (TPSA) is 91.2 Å². The van der Waals surface area contributed by atoms with Crippen LogP contribution in [0.15, 0.2) is 23.1 Å². The number of nitrogens with one attached hydrogen (secondary N) is 2. The minimum atomic E-state index is -3.62. The summed E-state index contributed by atoms with van der Waals surface area (Å²) in [7, 11) is -2.24. The standard InChI is InChI=1S/C14H19N3O3S.ClH/c1-20-13-8-12(9-15)2-3-14(13)21(18,19)17-7-5-11-4-6-16-10-11;/h2-3,8,11,16-17H,4-7,10H2,1H3;1H. The molecule has 6 nitrogen and oxygen atoms in total. The Morgan fingerprint density at radius 2 is 2.27 bits per heavy atom. The van der Waals surface area contributed by atoms with Crippen LogP contribution in [0.1, 0.15) is 18.4 Å². The van der Waals surface area contributed by atoms with E-state index in [1.54, 1.807) is 0 Å². The van der Waals surface area contributed by atoms with Crippen molar-refractivity contribution in [2.45, 2.75) is 17.7 Å². The lowest BCUT2D eigenvalue weighted by atomic mass is 10.1. The first-order chi connectivity index (χ1) is 10.1. The fraction of sp³-hybridized carbons (Fsp3) is 0.500. The van der Waals surface area contributed by atoms with Gasteiger partial charge in [0.1, 0.15) is 10.6 Å². The molecule has 22 heavy (non-hydrogen) atoms. The molecule has 1 aromatic carbocycles. The van der Waals surface area contributed by atoms with Crippen molar-refractivity contribution in [3.05, 3.63) is 23.8 Å². The van der Waals surface area contributed by atoms with Gasteiger partial charge in [0, 0.05) is 6.54 Å². The second kappa shape index (κ2) is 8.34. The average Bonchev–Trinajstić information content (AvgIpc) is 2.99. The highest BCUT2D eigenvalue weighted by atomic mass is 35.5. The van der Waals surface area contributed by atoms with Gasteiger partial charge < -0.3 is 10.1 Å². The van der Waals surface area contributed by atoms with Gasteiger partial charge in [0.05, 0.1) is 18.7 Å². The summed E-state index contributed by atoms with van der Waals surface area (Å²) in [5.74, 6) is 0.708. The van der Waals surface area contributed by atoms with Crippen molar-refractivity contribution in [2.75, 3.05) is 26.7 Å². The molecular weight excluding hydrogens is 326 g/mol. The minimum absolute atomic E-state index is 0. The lowest BCUT2D eigenvalue weighted by Gasteiger charge is -2.12. The van der Waals surface area contributed by atoms with Crippen LogP contribution >= 0.6 is 12.4 Å². The minimum Gasteiger partial charge on any atom is -0.495 e. The van der Waals surface area contributed by atoms with Crippen molar-refractivity contribution in [3.63, 3.8) is 0 Å². The number of rotatable bonds is 6. The summed E-state index contributed by atoms with van der Waals surface area (Å²) in [5.41, 5.74) is 0.364. The smallest absolute Gasteiger partial charge is 0.244 e. The molecule has 1 heterocycles. The molecular formula is C14H20ClN3O3S. The van der Waals surface area contributed by atoms with Crippen LogP contribution < -0.4 is 14.8 Å². The number of methoxy groups -OCH3 is 1. The second-order valence-electron chi connectivity index (χ2n) is 5.02. The van der Waals surface area contributed by atoms with E-state index in [0.29, 0.717) is 18.0 Å². The van der Waals surface area contributed by atoms with E-state index in [1.807, 2.05) is 6.07 Å². The quantitative estimate of drug-likeness (QED) is 0.810. The molecule has 1 atom stereocenters. The van der Waals surface area contributed by atoms with E-state index < -0.39 is 10.0 Å². The summed E-state index contributed by atoms with van der Waals surface area (Å²) in [6.07, 6.45) is 1.90. The first-order valence-corrected chi connectivity index (χ1v) is 8.33. The zero-order chi connectivity index (χ0) is 15.3. The van der Waals surface area contributed by atoms with Crippen LogP contribution in [0.5, 0.6) is 5.75 Å². The van der Waals surface area contributed by atoms with Crippen LogP contribution in [0.25, 0.3) is 0 Å². The average molecular weight is 346 g/mol. The number of sulfonamides is 1. The van der Waals surface area contributed by atoms with E-state index >= 15 is 0 Å². The molecule has 1 unspecified atom stereocenters. The Morgan fingerprint density at radius 1 is 1.50 bits per heavy atom. The molecule has 1 saturated heterocycles. The molecule has 1 aliphatic heterocycles. The Balaban J connectivity index is 0.00000242. The van der Waals surface area contributed by atoms with Crippen molar-refractivity contribution in [1.29, 1.82) is 5.26 Å². The molecule has 2 N–H and O–H groups in total. The van der Waals surface area contributed by atoms with Gasteiger partial charge >= 0.3 is 0 Å². The van der Waals surface area contributed by atoms with Crippen LogP contribution in [0.3, 0.4) is 0 Å². The van der Waals surface area contributed by atoms with Gasteiger partial charge in [-0.25, -0.2) is 13.1 Å². The number of hydrogen-bond donors (Lipinski definition) is 2. The highest BCUT2D eigenvalue weighted by molar-refractivity contribution is 7.89. The first kappa shape index (κ1) is 18.7. The second-order valence-corrected chi connectivity index (χ2v) is 6.76. The first-order valence-electron chi connectivity index (χ1n) is 6.85. The van der Waals surface area contributed by atoms with E-state index in [1.165, 1.54) is 25.3 Å². The van der Waals surface area contributed by atoms with E-state index in [4.69, 9.17) is 10.00 Å². The fourth-order valence-corrected chi connectivity index (χ4v) is 3.59. The normalized spacial score (nSPS) is 17.5. The van der Waals surface area contributed by atoms with Crippen LogP contribution in [0, 0.1) is 17.2 Å². The Hall–Kier alpha value is -1.33. The van der Waals surface area contributed by atoms with Gasteiger partial charge in [-0.05, 0) is 50.0 Å². The summed E-state index contributed by atoms with van der Waals surface area (Å²) >= 11 is 0. The van der Waals surface area contributed by atoms with Gasteiger partial charge in [-0.2, -0.15) is 5.26 Å². The van der Waals surface area contributed by atoms with Crippen LogP contribution in [-0.4, -0.2) is 35.2 Å². The molecule has 122 valence electrons. The van der Waals surface area contributed by atoms with Gasteiger partial charge in [0.25, 0.3) is 0 Å². The Labute approximate surface area is 137 Å². The maximum atomic E-state index is 12.3. The number of ether oxygens (including phenoxy) is 1. The lowest BCUT2D eigenvalue weighted by Crippen LogP contribution is -2.27. The maximum Gasteiger partial charge on any atom is 0.244 e. The summed E-state index contributed by atoms with van der Waals surface area (Å²) in [6.45, 7) is 2.35. The van der Waals surface area contributed by atoms with Crippen molar-refractivity contribution < 1.29 is 13.2 Å². The van der Waals surface area contributed by atoms with Gasteiger partial charge in [-0.3, -0.25) is 0 Å². The number of halogens is 1. The fourth-order valence-electron chi connectivity index (χ4n) is 2.40. The summed E-state index contributed by atoms with van der Waals surface area (Å²) < 4.78 is 32.3. The number of nitrogens with zero attached hydrogens (tertiary/aromatic N) is 1. The van der Waals surface area contributed by atoms with Crippen molar-refractivity contribution in [1.82, 2.24) is 10.0 Å². The number of benzene rings is 1. The Morgan fingerprint density at radius 3 is 2.86 bits per heavy atom. The van der Waals surface area contributed by atoms with Crippen molar-refractivity contribution >= 4 is 22.4 Å². The molecule has 0 amide bonds. The molecule has 1 aromatic rings. The molecule has 0 aromatic heterocycles.